The van der Waals surface area contributed by atoms with E-state index in [9.17, 15) is 4.79 Å². The number of carbonyl (C=O) groups is 1. The maximum atomic E-state index is 12.9. The molecule has 0 radical (unpaired) electrons. The number of piperazine rings is 1. The molecule has 0 saturated carbocycles. The van der Waals surface area contributed by atoms with Crippen molar-refractivity contribution in [2.75, 3.05) is 38.5 Å². The number of benzene rings is 1. The summed E-state index contributed by atoms with van der Waals surface area (Å²) >= 11 is 0. The van der Waals surface area contributed by atoms with Gasteiger partial charge in [-0.05, 0) is 45.0 Å². The molecule has 1 N–H and O–H groups in total. The van der Waals surface area contributed by atoms with E-state index in [1.807, 2.05) is 17.0 Å². The second-order valence-corrected chi connectivity index (χ2v) is 6.09. The standard InChI is InChI=1S/C17H27N3O/c1-5-8-18-16-11-13(2)6-7-15(16)17(21)20-10-9-19(4)12-14(20)3/h6-7,11,14,18H,5,8-10,12H2,1-4H3. The Hall–Kier alpha value is -1.55. The Morgan fingerprint density at radius 1 is 1.38 bits per heavy atom. The second kappa shape index (κ2) is 6.94. The van der Waals surface area contributed by atoms with Crippen LogP contribution in [0.4, 0.5) is 5.69 Å². The van der Waals surface area contributed by atoms with Crippen molar-refractivity contribution >= 4 is 11.6 Å². The highest BCUT2D eigenvalue weighted by atomic mass is 16.2. The van der Waals surface area contributed by atoms with E-state index in [2.05, 4.69) is 44.1 Å². The predicted molar refractivity (Wildman–Crippen MR) is 88.0 cm³/mol. The number of rotatable bonds is 4. The molecule has 21 heavy (non-hydrogen) atoms. The van der Waals surface area contributed by atoms with Gasteiger partial charge in [-0.2, -0.15) is 0 Å². The van der Waals surface area contributed by atoms with Crippen molar-refractivity contribution in [1.82, 2.24) is 9.80 Å². The monoisotopic (exact) mass is 289 g/mol. The van der Waals surface area contributed by atoms with Crippen LogP contribution >= 0.6 is 0 Å². The van der Waals surface area contributed by atoms with Crippen molar-refractivity contribution in [2.24, 2.45) is 0 Å². The minimum atomic E-state index is 0.147. The fraction of sp³-hybridized carbons (Fsp3) is 0.588. The number of hydrogen-bond acceptors (Lipinski definition) is 3. The van der Waals surface area contributed by atoms with Gasteiger partial charge in [0.1, 0.15) is 0 Å². The molecule has 1 aliphatic heterocycles. The molecule has 4 nitrogen and oxygen atoms in total. The van der Waals surface area contributed by atoms with Crippen molar-refractivity contribution in [1.29, 1.82) is 0 Å². The lowest BCUT2D eigenvalue weighted by atomic mass is 10.1. The first-order chi connectivity index (χ1) is 10.0. The van der Waals surface area contributed by atoms with E-state index in [0.717, 1.165) is 43.9 Å². The summed E-state index contributed by atoms with van der Waals surface area (Å²) in [7, 11) is 2.11. The predicted octanol–water partition coefficient (Wildman–Crippen LogP) is 2.59. The third kappa shape index (κ3) is 3.76. The van der Waals surface area contributed by atoms with Crippen molar-refractivity contribution in [2.45, 2.75) is 33.2 Å². The third-order valence-electron chi connectivity index (χ3n) is 4.06. The van der Waals surface area contributed by atoms with Crippen LogP contribution in [0.2, 0.25) is 0 Å². The highest BCUT2D eigenvalue weighted by Crippen LogP contribution is 2.22. The third-order valence-corrected chi connectivity index (χ3v) is 4.06. The molecule has 1 amide bonds. The van der Waals surface area contributed by atoms with Crippen molar-refractivity contribution in [3.05, 3.63) is 29.3 Å². The van der Waals surface area contributed by atoms with Gasteiger partial charge < -0.3 is 15.1 Å². The zero-order valence-corrected chi connectivity index (χ0v) is 13.6. The summed E-state index contributed by atoms with van der Waals surface area (Å²) in [5.41, 5.74) is 2.94. The van der Waals surface area contributed by atoms with Crippen LogP contribution in [0, 0.1) is 6.92 Å². The van der Waals surface area contributed by atoms with Gasteiger partial charge in [-0.15, -0.1) is 0 Å². The maximum absolute atomic E-state index is 12.9. The quantitative estimate of drug-likeness (QED) is 0.925. The molecule has 0 aliphatic carbocycles. The van der Waals surface area contributed by atoms with Gasteiger partial charge in [0.2, 0.25) is 0 Å². The average molecular weight is 289 g/mol. The van der Waals surface area contributed by atoms with Crippen LogP contribution in [-0.4, -0.2) is 55.0 Å². The van der Waals surface area contributed by atoms with E-state index in [-0.39, 0.29) is 11.9 Å². The SMILES string of the molecule is CCCNc1cc(C)ccc1C(=O)N1CCN(C)CC1C. The van der Waals surface area contributed by atoms with Crippen LogP contribution in [0.15, 0.2) is 18.2 Å². The Labute approximate surface area is 128 Å². The van der Waals surface area contributed by atoms with E-state index in [4.69, 9.17) is 0 Å². The van der Waals surface area contributed by atoms with Crippen LogP contribution in [0.3, 0.4) is 0 Å². The van der Waals surface area contributed by atoms with E-state index in [0.29, 0.717) is 0 Å². The van der Waals surface area contributed by atoms with E-state index < -0.39 is 0 Å². The summed E-state index contributed by atoms with van der Waals surface area (Å²) in [5, 5.41) is 3.39. The van der Waals surface area contributed by atoms with Gasteiger partial charge in [0, 0.05) is 37.9 Å². The molecule has 1 unspecified atom stereocenters. The van der Waals surface area contributed by atoms with Gasteiger partial charge >= 0.3 is 0 Å². The van der Waals surface area contributed by atoms with E-state index in [1.165, 1.54) is 5.56 Å². The largest absolute Gasteiger partial charge is 0.384 e. The first kappa shape index (κ1) is 15.8. The number of nitrogens with one attached hydrogen (secondary N) is 1. The summed E-state index contributed by atoms with van der Waals surface area (Å²) in [6.07, 6.45) is 1.05. The second-order valence-electron chi connectivity index (χ2n) is 6.09. The molecule has 1 aromatic rings. The normalized spacial score (nSPS) is 19.6. The molecule has 0 aromatic heterocycles. The molecule has 1 saturated heterocycles. The lowest BCUT2D eigenvalue weighted by Gasteiger charge is -2.38. The molecular weight excluding hydrogens is 262 g/mol. The molecule has 2 rings (SSSR count). The number of amides is 1. The lowest BCUT2D eigenvalue weighted by Crippen LogP contribution is -2.52. The summed E-state index contributed by atoms with van der Waals surface area (Å²) in [6.45, 7) is 9.90. The zero-order chi connectivity index (χ0) is 15.4. The highest BCUT2D eigenvalue weighted by molar-refractivity contribution is 6.00. The molecule has 1 aliphatic rings. The Bertz CT molecular complexity index is 501. The Balaban J connectivity index is 2.21. The number of anilines is 1. The van der Waals surface area contributed by atoms with Crippen molar-refractivity contribution < 1.29 is 4.79 Å². The van der Waals surface area contributed by atoms with Crippen molar-refractivity contribution in [3.8, 4) is 0 Å². The summed E-state index contributed by atoms with van der Waals surface area (Å²) < 4.78 is 0. The number of carbonyl (C=O) groups excluding carboxylic acids is 1. The molecule has 1 aromatic carbocycles. The topological polar surface area (TPSA) is 35.6 Å². The smallest absolute Gasteiger partial charge is 0.256 e. The molecule has 0 bridgehead atoms. The van der Waals surface area contributed by atoms with E-state index >= 15 is 0 Å². The summed E-state index contributed by atoms with van der Waals surface area (Å²) in [6, 6.07) is 6.31. The minimum absolute atomic E-state index is 0.147. The zero-order valence-electron chi connectivity index (χ0n) is 13.6. The summed E-state index contributed by atoms with van der Waals surface area (Å²) in [5.74, 6) is 0.147. The van der Waals surface area contributed by atoms with Crippen molar-refractivity contribution in [3.63, 3.8) is 0 Å². The van der Waals surface area contributed by atoms with Crippen LogP contribution < -0.4 is 5.32 Å². The van der Waals surface area contributed by atoms with Gasteiger partial charge in [-0.1, -0.05) is 13.0 Å². The fourth-order valence-corrected chi connectivity index (χ4v) is 2.85. The van der Waals surface area contributed by atoms with E-state index in [1.54, 1.807) is 0 Å². The first-order valence-electron chi connectivity index (χ1n) is 7.87. The Morgan fingerprint density at radius 2 is 2.14 bits per heavy atom. The molecule has 4 heteroatoms. The van der Waals surface area contributed by atoms with Gasteiger partial charge in [-0.25, -0.2) is 0 Å². The fourth-order valence-electron chi connectivity index (χ4n) is 2.85. The Morgan fingerprint density at radius 3 is 2.81 bits per heavy atom. The molecule has 1 heterocycles. The Kier molecular flexibility index (Phi) is 5.23. The van der Waals surface area contributed by atoms with Crippen LogP contribution in [0.25, 0.3) is 0 Å². The maximum Gasteiger partial charge on any atom is 0.256 e. The molecule has 0 spiro atoms. The van der Waals surface area contributed by atoms with Gasteiger partial charge in [0.05, 0.1) is 5.56 Å². The highest BCUT2D eigenvalue weighted by Gasteiger charge is 2.27. The van der Waals surface area contributed by atoms with Crippen LogP contribution in [0.5, 0.6) is 0 Å². The summed E-state index contributed by atoms with van der Waals surface area (Å²) in [4.78, 5) is 17.2. The minimum Gasteiger partial charge on any atom is -0.384 e. The van der Waals surface area contributed by atoms with Gasteiger partial charge in [0.25, 0.3) is 5.91 Å². The van der Waals surface area contributed by atoms with Crippen LogP contribution in [-0.2, 0) is 0 Å². The average Bonchev–Trinajstić information content (AvgIpc) is 2.44. The number of likely N-dealkylation sites (N-methyl/N-ethyl adjacent to an activating group) is 1. The van der Waals surface area contributed by atoms with Crippen LogP contribution in [0.1, 0.15) is 36.2 Å². The van der Waals surface area contributed by atoms with Gasteiger partial charge in [-0.3, -0.25) is 4.79 Å². The lowest BCUT2D eigenvalue weighted by molar-refractivity contribution is 0.0534. The number of hydrogen-bond donors (Lipinski definition) is 1. The number of nitrogens with zero attached hydrogens (tertiary/aromatic N) is 2. The number of aryl methyl sites for hydroxylation is 1. The van der Waals surface area contributed by atoms with Gasteiger partial charge in [0.15, 0.2) is 0 Å². The molecule has 1 atom stereocenters. The first-order valence-corrected chi connectivity index (χ1v) is 7.87. The molecule has 116 valence electrons. The molecule has 1 fully saturated rings. The molecular formula is C17H27N3O.